The number of hydrogen-bond donors (Lipinski definition) is 2. The second-order valence-electron chi connectivity index (χ2n) is 6.39. The summed E-state index contributed by atoms with van der Waals surface area (Å²) in [6, 6.07) is 22.9. The molecule has 0 aliphatic heterocycles. The molecule has 0 bridgehead atoms. The van der Waals surface area contributed by atoms with Gasteiger partial charge in [0.1, 0.15) is 0 Å². The van der Waals surface area contributed by atoms with Gasteiger partial charge in [-0.15, -0.1) is 0 Å². The Labute approximate surface area is 162 Å². The first kappa shape index (κ1) is 19.3. The first-order valence-corrected chi connectivity index (χ1v) is 8.87. The maximum atomic E-state index is 12.6. The minimum atomic E-state index is -0.953. The number of non-ortho nitro benzene ring substituents is 1. The van der Waals surface area contributed by atoms with Crippen LogP contribution in [0.1, 0.15) is 33.2 Å². The lowest BCUT2D eigenvalue weighted by molar-refractivity contribution is -0.384. The molecule has 0 aliphatic carbocycles. The predicted molar refractivity (Wildman–Crippen MR) is 106 cm³/mol. The van der Waals surface area contributed by atoms with E-state index in [0.29, 0.717) is 17.5 Å². The SMILES string of the molecule is O=C(NC[C@@H](O)c1ccc([N+](=O)[O-])cc1)c1ccccc1Cc1ccccc1. The van der Waals surface area contributed by atoms with Crippen LogP contribution in [0.3, 0.4) is 0 Å². The molecule has 0 aromatic heterocycles. The zero-order valence-electron chi connectivity index (χ0n) is 15.1. The van der Waals surface area contributed by atoms with Gasteiger partial charge in [0.05, 0.1) is 11.0 Å². The first-order valence-electron chi connectivity index (χ1n) is 8.87. The minimum Gasteiger partial charge on any atom is -0.387 e. The molecular formula is C22H20N2O4. The highest BCUT2D eigenvalue weighted by Gasteiger charge is 2.15. The molecule has 0 aliphatic rings. The van der Waals surface area contributed by atoms with Crippen molar-refractivity contribution in [3.63, 3.8) is 0 Å². The monoisotopic (exact) mass is 376 g/mol. The summed E-state index contributed by atoms with van der Waals surface area (Å²) >= 11 is 0. The second kappa shape index (κ2) is 8.92. The number of carbonyl (C=O) groups excluding carboxylic acids is 1. The van der Waals surface area contributed by atoms with Crippen LogP contribution >= 0.6 is 0 Å². The van der Waals surface area contributed by atoms with Crippen molar-refractivity contribution >= 4 is 11.6 Å². The van der Waals surface area contributed by atoms with Crippen LogP contribution in [0.15, 0.2) is 78.9 Å². The number of rotatable bonds is 7. The number of nitrogens with zero attached hydrogens (tertiary/aromatic N) is 1. The quantitative estimate of drug-likeness (QED) is 0.486. The minimum absolute atomic E-state index is 0.0102. The van der Waals surface area contributed by atoms with E-state index in [1.54, 1.807) is 12.1 Å². The summed E-state index contributed by atoms with van der Waals surface area (Å²) in [4.78, 5) is 22.8. The molecule has 6 nitrogen and oxygen atoms in total. The zero-order valence-corrected chi connectivity index (χ0v) is 15.1. The van der Waals surface area contributed by atoms with Crippen LogP contribution in [0.2, 0.25) is 0 Å². The van der Waals surface area contributed by atoms with Crippen molar-refractivity contribution in [1.82, 2.24) is 5.32 Å². The summed E-state index contributed by atoms with van der Waals surface area (Å²) in [5.74, 6) is -0.271. The Morgan fingerprint density at radius 3 is 2.29 bits per heavy atom. The Kier molecular flexibility index (Phi) is 6.14. The van der Waals surface area contributed by atoms with Gasteiger partial charge < -0.3 is 10.4 Å². The second-order valence-corrected chi connectivity index (χ2v) is 6.39. The fourth-order valence-electron chi connectivity index (χ4n) is 2.93. The summed E-state index contributed by atoms with van der Waals surface area (Å²) in [5.41, 5.74) is 3.02. The van der Waals surface area contributed by atoms with Crippen LogP contribution in [0.4, 0.5) is 5.69 Å². The van der Waals surface area contributed by atoms with Crippen LogP contribution in [0.5, 0.6) is 0 Å². The number of nitro groups is 1. The van der Waals surface area contributed by atoms with Gasteiger partial charge >= 0.3 is 0 Å². The van der Waals surface area contributed by atoms with Gasteiger partial charge in [-0.3, -0.25) is 14.9 Å². The molecule has 0 fully saturated rings. The summed E-state index contributed by atoms with van der Waals surface area (Å²) < 4.78 is 0. The number of aliphatic hydroxyl groups excluding tert-OH is 1. The van der Waals surface area contributed by atoms with Gasteiger partial charge in [0.2, 0.25) is 0 Å². The molecular weight excluding hydrogens is 356 g/mol. The molecule has 0 unspecified atom stereocenters. The molecule has 3 aromatic rings. The van der Waals surface area contributed by atoms with E-state index >= 15 is 0 Å². The Bertz CT molecular complexity index is 956. The van der Waals surface area contributed by atoms with Crippen molar-refractivity contribution in [2.75, 3.05) is 6.54 Å². The molecule has 6 heteroatoms. The Morgan fingerprint density at radius 2 is 1.61 bits per heavy atom. The molecule has 0 saturated heterocycles. The number of nitro benzene ring substituents is 1. The molecule has 0 saturated carbocycles. The van der Waals surface area contributed by atoms with Crippen molar-refractivity contribution in [2.45, 2.75) is 12.5 Å². The average molecular weight is 376 g/mol. The van der Waals surface area contributed by atoms with Gasteiger partial charge in [-0.1, -0.05) is 48.5 Å². The number of aliphatic hydroxyl groups is 1. The van der Waals surface area contributed by atoms with Crippen LogP contribution in [0, 0.1) is 10.1 Å². The Balaban J connectivity index is 1.65. The maximum absolute atomic E-state index is 12.6. The van der Waals surface area contributed by atoms with Crippen molar-refractivity contribution in [3.8, 4) is 0 Å². The smallest absolute Gasteiger partial charge is 0.269 e. The van der Waals surface area contributed by atoms with Crippen LogP contribution in [-0.4, -0.2) is 22.5 Å². The van der Waals surface area contributed by atoms with E-state index in [1.165, 1.54) is 24.3 Å². The molecule has 3 aromatic carbocycles. The standard InChI is InChI=1S/C22H20N2O4/c25-21(17-10-12-19(13-11-17)24(27)28)15-23-22(26)20-9-5-4-8-18(20)14-16-6-2-1-3-7-16/h1-13,21,25H,14-15H2,(H,23,26)/t21-/m1/s1. The van der Waals surface area contributed by atoms with Crippen LogP contribution < -0.4 is 5.32 Å². The van der Waals surface area contributed by atoms with E-state index in [1.807, 2.05) is 42.5 Å². The van der Waals surface area contributed by atoms with Crippen LogP contribution in [-0.2, 0) is 6.42 Å². The third-order valence-electron chi connectivity index (χ3n) is 4.44. The lowest BCUT2D eigenvalue weighted by Gasteiger charge is -2.14. The van der Waals surface area contributed by atoms with E-state index in [4.69, 9.17) is 0 Å². The molecule has 28 heavy (non-hydrogen) atoms. The normalized spacial score (nSPS) is 11.6. The lowest BCUT2D eigenvalue weighted by Crippen LogP contribution is -2.29. The number of amides is 1. The van der Waals surface area contributed by atoms with Gasteiger partial charge in [0.25, 0.3) is 11.6 Å². The van der Waals surface area contributed by atoms with Gasteiger partial charge in [0, 0.05) is 24.2 Å². The predicted octanol–water partition coefficient (Wildman–Crippen LogP) is 3.65. The molecule has 3 rings (SSSR count). The number of benzene rings is 3. The van der Waals surface area contributed by atoms with Crippen molar-refractivity contribution in [1.29, 1.82) is 0 Å². The molecule has 2 N–H and O–H groups in total. The fourth-order valence-corrected chi connectivity index (χ4v) is 2.93. The maximum Gasteiger partial charge on any atom is 0.269 e. The fraction of sp³-hybridized carbons (Fsp3) is 0.136. The molecule has 1 atom stereocenters. The van der Waals surface area contributed by atoms with E-state index < -0.39 is 11.0 Å². The van der Waals surface area contributed by atoms with E-state index in [2.05, 4.69) is 5.32 Å². The molecule has 1 amide bonds. The van der Waals surface area contributed by atoms with Gasteiger partial charge in [-0.05, 0) is 41.3 Å². The highest BCUT2D eigenvalue weighted by molar-refractivity contribution is 5.95. The van der Waals surface area contributed by atoms with E-state index in [9.17, 15) is 20.0 Å². The first-order chi connectivity index (χ1) is 13.5. The summed E-state index contributed by atoms with van der Waals surface area (Å²) in [7, 11) is 0. The van der Waals surface area contributed by atoms with Crippen molar-refractivity contribution < 1.29 is 14.8 Å². The van der Waals surface area contributed by atoms with Gasteiger partial charge in [-0.25, -0.2) is 0 Å². The largest absolute Gasteiger partial charge is 0.387 e. The molecule has 0 heterocycles. The molecule has 0 radical (unpaired) electrons. The van der Waals surface area contributed by atoms with Crippen LogP contribution in [0.25, 0.3) is 0 Å². The van der Waals surface area contributed by atoms with Gasteiger partial charge in [-0.2, -0.15) is 0 Å². The third-order valence-corrected chi connectivity index (χ3v) is 4.44. The Morgan fingerprint density at radius 1 is 0.964 bits per heavy atom. The van der Waals surface area contributed by atoms with Crippen molar-refractivity contribution in [2.24, 2.45) is 0 Å². The number of hydrogen-bond acceptors (Lipinski definition) is 4. The summed E-state index contributed by atoms with van der Waals surface area (Å²) in [6.45, 7) is 0.0102. The summed E-state index contributed by atoms with van der Waals surface area (Å²) in [5, 5.41) is 23.7. The third kappa shape index (κ3) is 4.81. The highest BCUT2D eigenvalue weighted by Crippen LogP contribution is 2.18. The number of carbonyl (C=O) groups is 1. The topological polar surface area (TPSA) is 92.5 Å². The molecule has 0 spiro atoms. The molecule has 142 valence electrons. The highest BCUT2D eigenvalue weighted by atomic mass is 16.6. The zero-order chi connectivity index (χ0) is 19.9. The lowest BCUT2D eigenvalue weighted by atomic mass is 9.99. The van der Waals surface area contributed by atoms with Gasteiger partial charge in [0.15, 0.2) is 0 Å². The summed E-state index contributed by atoms with van der Waals surface area (Å²) in [6.07, 6.45) is -0.318. The average Bonchev–Trinajstić information content (AvgIpc) is 2.73. The Hall–Kier alpha value is -3.51. The van der Waals surface area contributed by atoms with Crippen molar-refractivity contribution in [3.05, 3.63) is 111 Å². The van der Waals surface area contributed by atoms with E-state index in [0.717, 1.165) is 11.1 Å². The van der Waals surface area contributed by atoms with E-state index in [-0.39, 0.29) is 18.1 Å². The number of nitrogens with one attached hydrogen (secondary N) is 1.